The smallest absolute Gasteiger partial charge is 0.284 e. The second-order valence-electron chi connectivity index (χ2n) is 8.99. The van der Waals surface area contributed by atoms with Crippen LogP contribution in [-0.4, -0.2) is 70.0 Å². The lowest BCUT2D eigenvalue weighted by molar-refractivity contribution is 0.0819. The fraction of sp³-hybridized carbons (Fsp3) is 0.417. The number of hydrogen-bond donors (Lipinski definition) is 2. The van der Waals surface area contributed by atoms with E-state index in [0.29, 0.717) is 55.2 Å². The molecule has 2 fully saturated rings. The van der Waals surface area contributed by atoms with Crippen LogP contribution in [0.25, 0.3) is 11.0 Å². The number of pyridine rings is 1. The zero-order valence-corrected chi connectivity index (χ0v) is 19.5. The molecule has 5 rings (SSSR count). The van der Waals surface area contributed by atoms with Crippen LogP contribution in [0.1, 0.15) is 34.6 Å². The molecule has 2 aliphatic rings. The molecule has 2 saturated heterocycles. The van der Waals surface area contributed by atoms with Crippen molar-refractivity contribution in [3.05, 3.63) is 63.3 Å². The van der Waals surface area contributed by atoms with Gasteiger partial charge in [-0.2, -0.15) is 4.39 Å². The van der Waals surface area contributed by atoms with E-state index in [1.54, 1.807) is 25.1 Å². The topological polar surface area (TPSA) is 97.5 Å². The van der Waals surface area contributed by atoms with Crippen molar-refractivity contribution in [2.24, 2.45) is 0 Å². The number of aromatic amines is 1. The summed E-state index contributed by atoms with van der Waals surface area (Å²) >= 11 is 0. The van der Waals surface area contributed by atoms with Crippen molar-refractivity contribution in [2.75, 3.05) is 44.2 Å². The second-order valence-corrected chi connectivity index (χ2v) is 8.99. The fourth-order valence-corrected chi connectivity index (χ4v) is 4.59. The molecule has 0 bridgehead atoms. The molecule has 3 aromatic rings. The Morgan fingerprint density at radius 2 is 1.77 bits per heavy atom. The van der Waals surface area contributed by atoms with Crippen LogP contribution in [-0.2, 0) is 6.54 Å². The highest BCUT2D eigenvalue weighted by atomic mass is 19.1. The zero-order chi connectivity index (χ0) is 24.5. The van der Waals surface area contributed by atoms with Crippen LogP contribution >= 0.6 is 0 Å². The van der Waals surface area contributed by atoms with Crippen molar-refractivity contribution in [3.8, 4) is 0 Å². The third-order valence-corrected chi connectivity index (χ3v) is 6.59. The number of carbonyl (C=O) groups excluding carboxylic acids is 1. The van der Waals surface area contributed by atoms with Crippen LogP contribution in [0.2, 0.25) is 0 Å². The molecule has 4 heterocycles. The van der Waals surface area contributed by atoms with E-state index in [9.17, 15) is 14.0 Å². The molecule has 2 aliphatic heterocycles. The molecule has 184 valence electrons. The number of H-pyrrole nitrogens is 1. The minimum Gasteiger partial charge on any atom is -0.365 e. The highest BCUT2D eigenvalue weighted by Gasteiger charge is 2.23. The summed E-state index contributed by atoms with van der Waals surface area (Å²) in [6.45, 7) is 5.77. The Morgan fingerprint density at radius 1 is 1.03 bits per heavy atom. The molecule has 9 nitrogen and oxygen atoms in total. The molecule has 1 aromatic carbocycles. The van der Waals surface area contributed by atoms with Gasteiger partial charge in [-0.15, -0.1) is 0 Å². The van der Waals surface area contributed by atoms with Gasteiger partial charge < -0.3 is 9.88 Å². The van der Waals surface area contributed by atoms with Gasteiger partial charge in [0.2, 0.25) is 5.95 Å². The van der Waals surface area contributed by atoms with Crippen LogP contribution in [0.3, 0.4) is 0 Å². The Labute approximate surface area is 200 Å². The van der Waals surface area contributed by atoms with Gasteiger partial charge >= 0.3 is 0 Å². The Kier molecular flexibility index (Phi) is 6.44. The van der Waals surface area contributed by atoms with E-state index in [1.165, 1.54) is 6.07 Å². The van der Waals surface area contributed by atoms with E-state index >= 15 is 4.39 Å². The average Bonchev–Trinajstić information content (AvgIpc) is 3.36. The van der Waals surface area contributed by atoms with Crippen LogP contribution in [0.5, 0.6) is 0 Å². The lowest BCUT2D eigenvalue weighted by Crippen LogP contribution is -2.46. The van der Waals surface area contributed by atoms with Crippen LogP contribution in [0.15, 0.2) is 29.1 Å². The Hall–Kier alpha value is -3.44. The summed E-state index contributed by atoms with van der Waals surface area (Å²) in [6.07, 6.45) is 2.05. The van der Waals surface area contributed by atoms with Gasteiger partial charge in [0.1, 0.15) is 16.9 Å². The highest BCUT2D eigenvalue weighted by molar-refractivity contribution is 5.92. The van der Waals surface area contributed by atoms with Crippen LogP contribution in [0, 0.1) is 18.7 Å². The molecular weight excluding hydrogens is 456 g/mol. The SMILES string of the molecule is Cc1nc2ccc(CN3CCN(c4ccc(C(=O)NN5CCCC5)nc4F)CC3)c(F)c2[nH]c1=O. The Morgan fingerprint density at radius 3 is 2.49 bits per heavy atom. The van der Waals surface area contributed by atoms with Crippen LogP contribution < -0.4 is 15.9 Å². The van der Waals surface area contributed by atoms with Gasteiger partial charge in [0.05, 0.1) is 11.2 Å². The predicted octanol–water partition coefficient (Wildman–Crippen LogP) is 1.97. The molecule has 35 heavy (non-hydrogen) atoms. The van der Waals surface area contributed by atoms with Gasteiger partial charge in [-0.1, -0.05) is 6.07 Å². The number of amides is 1. The molecule has 0 atom stereocenters. The summed E-state index contributed by atoms with van der Waals surface area (Å²) in [5.74, 6) is -1.57. The first-order valence-electron chi connectivity index (χ1n) is 11.8. The first kappa shape index (κ1) is 23.3. The van der Waals surface area contributed by atoms with Gasteiger partial charge in [0.15, 0.2) is 5.82 Å². The predicted molar refractivity (Wildman–Crippen MR) is 127 cm³/mol. The molecule has 0 spiro atoms. The van der Waals surface area contributed by atoms with Crippen molar-refractivity contribution in [1.82, 2.24) is 30.3 Å². The van der Waals surface area contributed by atoms with E-state index in [2.05, 4.69) is 25.3 Å². The number of halogens is 2. The van der Waals surface area contributed by atoms with Crippen molar-refractivity contribution in [2.45, 2.75) is 26.3 Å². The minimum absolute atomic E-state index is 0.0475. The third-order valence-electron chi connectivity index (χ3n) is 6.59. The second kappa shape index (κ2) is 9.67. The summed E-state index contributed by atoms with van der Waals surface area (Å²) < 4.78 is 29.8. The van der Waals surface area contributed by atoms with Gasteiger partial charge in [0, 0.05) is 51.4 Å². The Balaban J connectivity index is 1.22. The number of carbonyl (C=O) groups is 1. The molecule has 11 heteroatoms. The number of nitrogens with one attached hydrogen (secondary N) is 2. The first-order chi connectivity index (χ1) is 16.9. The minimum atomic E-state index is -0.681. The molecular formula is C24H27F2N7O2. The summed E-state index contributed by atoms with van der Waals surface area (Å²) in [5.41, 5.74) is 4.03. The maximum absolute atomic E-state index is 15.0. The monoisotopic (exact) mass is 483 g/mol. The maximum Gasteiger partial charge on any atom is 0.284 e. The van der Waals surface area contributed by atoms with E-state index in [1.807, 2.05) is 9.91 Å². The number of fused-ring (bicyclic) bond motifs is 1. The number of anilines is 1. The summed E-state index contributed by atoms with van der Waals surface area (Å²) in [4.78, 5) is 38.8. The van der Waals surface area contributed by atoms with Gasteiger partial charge in [-0.05, 0) is 38.0 Å². The molecule has 1 amide bonds. The summed E-state index contributed by atoms with van der Waals surface area (Å²) in [7, 11) is 0. The van der Waals surface area contributed by atoms with E-state index in [4.69, 9.17) is 0 Å². The van der Waals surface area contributed by atoms with Crippen molar-refractivity contribution in [3.63, 3.8) is 0 Å². The lowest BCUT2D eigenvalue weighted by atomic mass is 10.1. The highest BCUT2D eigenvalue weighted by Crippen LogP contribution is 2.23. The maximum atomic E-state index is 15.0. The summed E-state index contributed by atoms with van der Waals surface area (Å²) in [5, 5.41) is 1.82. The largest absolute Gasteiger partial charge is 0.365 e. The molecule has 2 aromatic heterocycles. The van der Waals surface area contributed by atoms with Crippen LogP contribution in [0.4, 0.5) is 14.5 Å². The molecule has 0 radical (unpaired) electrons. The molecule has 2 N–H and O–H groups in total. The molecule has 0 saturated carbocycles. The summed E-state index contributed by atoms with van der Waals surface area (Å²) in [6, 6.07) is 6.52. The number of nitrogens with zero attached hydrogens (tertiary/aromatic N) is 5. The van der Waals surface area contributed by atoms with E-state index in [0.717, 1.165) is 25.9 Å². The average molecular weight is 484 g/mol. The lowest BCUT2D eigenvalue weighted by Gasteiger charge is -2.36. The number of rotatable bonds is 5. The normalized spacial score (nSPS) is 17.3. The van der Waals surface area contributed by atoms with Gasteiger partial charge in [-0.3, -0.25) is 19.9 Å². The molecule has 0 aliphatic carbocycles. The number of aromatic nitrogens is 3. The number of hydrogen-bond acceptors (Lipinski definition) is 7. The number of benzene rings is 1. The van der Waals surface area contributed by atoms with Crippen molar-refractivity contribution >= 4 is 22.6 Å². The van der Waals surface area contributed by atoms with E-state index < -0.39 is 23.2 Å². The number of piperazine rings is 1. The fourth-order valence-electron chi connectivity index (χ4n) is 4.59. The standard InChI is InChI=1S/C24H27F2N7O2/c1-15-23(34)29-21-17(27-15)5-4-16(20(21)25)14-31-10-12-32(13-11-31)19-7-6-18(28-22(19)26)24(35)30-33-8-2-3-9-33/h4-7H,2-3,8-14H2,1H3,(H,29,34)(H,30,35). The number of aryl methyl sites for hydroxylation is 1. The first-order valence-corrected chi connectivity index (χ1v) is 11.8. The third kappa shape index (κ3) is 4.87. The molecule has 0 unspecified atom stereocenters. The van der Waals surface area contributed by atoms with Gasteiger partial charge in [0.25, 0.3) is 11.5 Å². The van der Waals surface area contributed by atoms with Crippen molar-refractivity contribution < 1.29 is 13.6 Å². The van der Waals surface area contributed by atoms with Crippen molar-refractivity contribution in [1.29, 1.82) is 0 Å². The van der Waals surface area contributed by atoms with Gasteiger partial charge in [-0.25, -0.2) is 19.4 Å². The quantitative estimate of drug-likeness (QED) is 0.536. The Bertz CT molecular complexity index is 1320. The van der Waals surface area contributed by atoms with E-state index in [-0.39, 0.29) is 11.2 Å². The zero-order valence-electron chi connectivity index (χ0n) is 19.5. The number of hydrazine groups is 1.